The van der Waals surface area contributed by atoms with Crippen LogP contribution in [0, 0.1) is 5.41 Å². The molecule has 0 spiro atoms. The number of nitrogens with zero attached hydrogens (tertiary/aromatic N) is 3. The summed E-state index contributed by atoms with van der Waals surface area (Å²) in [5.74, 6) is -1.61. The summed E-state index contributed by atoms with van der Waals surface area (Å²) in [7, 11) is 0. The second-order valence-electron chi connectivity index (χ2n) is 4.30. The summed E-state index contributed by atoms with van der Waals surface area (Å²) in [4.78, 5) is 38.0. The van der Waals surface area contributed by atoms with Crippen LogP contribution in [0.15, 0.2) is 29.4 Å². The molecule has 0 N–H and O–H groups in total. The third-order valence-electron chi connectivity index (χ3n) is 3.08. The van der Waals surface area contributed by atoms with E-state index in [0.29, 0.717) is 11.1 Å². The van der Waals surface area contributed by atoms with Gasteiger partial charge in [0.25, 0.3) is 0 Å². The van der Waals surface area contributed by atoms with Gasteiger partial charge in [-0.05, 0) is 17.6 Å². The van der Waals surface area contributed by atoms with Gasteiger partial charge in [0.15, 0.2) is 11.6 Å². The van der Waals surface area contributed by atoms with Crippen molar-refractivity contribution in [2.75, 3.05) is 0 Å². The Hall–Kier alpha value is -2.46. The quantitative estimate of drug-likeness (QED) is 0.344. The lowest BCUT2D eigenvalue weighted by molar-refractivity contribution is -0.119. The highest BCUT2D eigenvalue weighted by Crippen LogP contribution is 2.39. The molecule has 0 atom stereocenters. The first-order valence-corrected chi connectivity index (χ1v) is 5.27. The molecule has 90 valence electrons. The highest BCUT2D eigenvalue weighted by Gasteiger charge is 2.49. The highest BCUT2D eigenvalue weighted by atomic mass is 16.2. The smallest absolute Gasteiger partial charge is 0.220 e. The number of amides is 1. The van der Waals surface area contributed by atoms with Crippen LogP contribution in [0.1, 0.15) is 34.1 Å². The number of benzene rings is 1. The van der Waals surface area contributed by atoms with Crippen molar-refractivity contribution in [3.8, 4) is 0 Å². The van der Waals surface area contributed by atoms with Crippen LogP contribution in [0.3, 0.4) is 0 Å². The lowest BCUT2D eigenvalue weighted by Crippen LogP contribution is -2.32. The Morgan fingerprint density at radius 2 is 1.78 bits per heavy atom. The van der Waals surface area contributed by atoms with Gasteiger partial charge in [0.1, 0.15) is 5.41 Å². The predicted molar refractivity (Wildman–Crippen MR) is 62.0 cm³/mol. The van der Waals surface area contributed by atoms with Crippen LogP contribution in [0.2, 0.25) is 0 Å². The van der Waals surface area contributed by atoms with E-state index in [1.165, 1.54) is 6.92 Å². The van der Waals surface area contributed by atoms with E-state index in [1.807, 2.05) is 0 Å². The first-order chi connectivity index (χ1) is 8.50. The molecule has 1 aromatic carbocycles. The molecule has 18 heavy (non-hydrogen) atoms. The molecule has 6 nitrogen and oxygen atoms in total. The molecule has 6 heteroatoms. The van der Waals surface area contributed by atoms with Crippen molar-refractivity contribution in [1.82, 2.24) is 0 Å². The van der Waals surface area contributed by atoms with E-state index in [1.54, 1.807) is 24.3 Å². The SMILES string of the molecule is CC1(CC(=O)N=[N+]=[N-])C(=O)c2ccccc2C1=O. The lowest BCUT2D eigenvalue weighted by atomic mass is 9.81. The normalized spacial score (nSPS) is 16.1. The fourth-order valence-corrected chi connectivity index (χ4v) is 2.12. The largest absolute Gasteiger partial charge is 0.293 e. The topological polar surface area (TPSA) is 100.0 Å². The highest BCUT2D eigenvalue weighted by molar-refractivity contribution is 6.30. The number of Topliss-reactive ketones (excluding diaryl/α,β-unsaturated/α-hetero) is 2. The number of ketones is 2. The zero-order valence-corrected chi connectivity index (χ0v) is 9.58. The van der Waals surface area contributed by atoms with Crippen LogP contribution in [0.25, 0.3) is 10.4 Å². The fourth-order valence-electron chi connectivity index (χ4n) is 2.12. The molecule has 0 saturated carbocycles. The van der Waals surface area contributed by atoms with Crippen molar-refractivity contribution in [2.45, 2.75) is 13.3 Å². The maximum atomic E-state index is 12.2. The average Bonchev–Trinajstić information content (AvgIpc) is 2.53. The summed E-state index contributed by atoms with van der Waals surface area (Å²) >= 11 is 0. The lowest BCUT2D eigenvalue weighted by Gasteiger charge is -2.17. The third-order valence-corrected chi connectivity index (χ3v) is 3.08. The Bertz CT molecular complexity index is 580. The van der Waals surface area contributed by atoms with E-state index < -0.39 is 29.3 Å². The van der Waals surface area contributed by atoms with Gasteiger partial charge in [-0.15, -0.1) is 0 Å². The Morgan fingerprint density at radius 3 is 2.22 bits per heavy atom. The van der Waals surface area contributed by atoms with Gasteiger partial charge in [-0.2, -0.15) is 0 Å². The molecule has 1 aliphatic rings. The van der Waals surface area contributed by atoms with Gasteiger partial charge in [-0.25, -0.2) is 0 Å². The van der Waals surface area contributed by atoms with Crippen LogP contribution >= 0.6 is 0 Å². The molecular formula is C12H9N3O3. The molecule has 1 aliphatic carbocycles. The summed E-state index contributed by atoms with van der Waals surface area (Å²) in [6.07, 6.45) is -0.399. The van der Waals surface area contributed by atoms with Crippen LogP contribution in [-0.4, -0.2) is 17.5 Å². The molecule has 0 fully saturated rings. The Labute approximate surface area is 102 Å². The molecule has 0 saturated heterocycles. The van der Waals surface area contributed by atoms with Gasteiger partial charge in [0.05, 0.1) is 0 Å². The minimum Gasteiger partial charge on any atom is -0.293 e. The summed E-state index contributed by atoms with van der Waals surface area (Å²) in [5.41, 5.74) is 7.35. The summed E-state index contributed by atoms with van der Waals surface area (Å²) in [5, 5.41) is 2.90. The van der Waals surface area contributed by atoms with E-state index >= 15 is 0 Å². The second kappa shape index (κ2) is 4.09. The molecule has 0 aliphatic heterocycles. The van der Waals surface area contributed by atoms with Crippen molar-refractivity contribution in [2.24, 2.45) is 10.5 Å². The average molecular weight is 243 g/mol. The van der Waals surface area contributed by atoms with Gasteiger partial charge in [0, 0.05) is 22.5 Å². The van der Waals surface area contributed by atoms with Crippen molar-refractivity contribution in [3.63, 3.8) is 0 Å². The van der Waals surface area contributed by atoms with E-state index in [0.717, 1.165) is 0 Å². The van der Waals surface area contributed by atoms with Gasteiger partial charge in [-0.3, -0.25) is 14.4 Å². The Balaban J connectivity index is 2.43. The number of carbonyl (C=O) groups excluding carboxylic acids is 3. The molecular weight excluding hydrogens is 234 g/mol. The van der Waals surface area contributed by atoms with E-state index in [2.05, 4.69) is 10.0 Å². The van der Waals surface area contributed by atoms with Crippen LogP contribution < -0.4 is 0 Å². The maximum absolute atomic E-state index is 12.2. The summed E-state index contributed by atoms with van der Waals surface area (Å²) in [6, 6.07) is 6.42. The summed E-state index contributed by atoms with van der Waals surface area (Å²) < 4.78 is 0. The molecule has 0 unspecified atom stereocenters. The summed E-state index contributed by atoms with van der Waals surface area (Å²) in [6.45, 7) is 1.41. The molecule has 1 amide bonds. The van der Waals surface area contributed by atoms with Crippen molar-refractivity contribution in [1.29, 1.82) is 0 Å². The Morgan fingerprint density at radius 1 is 1.28 bits per heavy atom. The van der Waals surface area contributed by atoms with Crippen molar-refractivity contribution >= 4 is 17.5 Å². The number of fused-ring (bicyclic) bond motifs is 1. The monoisotopic (exact) mass is 243 g/mol. The van der Waals surface area contributed by atoms with E-state index in [-0.39, 0.29) is 0 Å². The zero-order chi connectivity index (χ0) is 13.3. The number of hydrogen-bond donors (Lipinski definition) is 0. The number of azide groups is 1. The van der Waals surface area contributed by atoms with Crippen molar-refractivity contribution < 1.29 is 14.4 Å². The Kier molecular flexibility index (Phi) is 2.73. The molecule has 0 bridgehead atoms. The predicted octanol–water partition coefficient (Wildman–Crippen LogP) is 2.30. The van der Waals surface area contributed by atoms with Crippen LogP contribution in [0.5, 0.6) is 0 Å². The minimum absolute atomic E-state index is 0.318. The first kappa shape index (κ1) is 12.0. The van der Waals surface area contributed by atoms with E-state index in [4.69, 9.17) is 5.53 Å². The molecule has 0 heterocycles. The minimum atomic E-state index is -1.45. The van der Waals surface area contributed by atoms with Crippen LogP contribution in [-0.2, 0) is 4.79 Å². The standard InChI is InChI=1S/C12H9N3O3/c1-12(6-9(16)14-15-13)10(17)7-4-2-3-5-8(7)11(12)18/h2-5H,6H2,1H3. The van der Waals surface area contributed by atoms with E-state index in [9.17, 15) is 14.4 Å². The molecule has 0 radical (unpaired) electrons. The molecule has 2 rings (SSSR count). The van der Waals surface area contributed by atoms with Crippen molar-refractivity contribution in [3.05, 3.63) is 45.8 Å². The first-order valence-electron chi connectivity index (χ1n) is 5.27. The van der Waals surface area contributed by atoms with Crippen LogP contribution in [0.4, 0.5) is 0 Å². The number of carbonyl (C=O) groups is 3. The number of rotatable bonds is 2. The second-order valence-corrected chi connectivity index (χ2v) is 4.30. The number of hydrogen-bond acceptors (Lipinski definition) is 3. The van der Waals surface area contributed by atoms with Gasteiger partial charge >= 0.3 is 0 Å². The maximum Gasteiger partial charge on any atom is 0.220 e. The third kappa shape index (κ3) is 1.59. The molecule has 0 aromatic heterocycles. The van der Waals surface area contributed by atoms with Gasteiger partial charge in [0.2, 0.25) is 5.91 Å². The van der Waals surface area contributed by atoms with Gasteiger partial charge in [-0.1, -0.05) is 24.3 Å². The molecule has 1 aromatic rings. The zero-order valence-electron chi connectivity index (χ0n) is 9.58. The fraction of sp³-hybridized carbons (Fsp3) is 0.250. The van der Waals surface area contributed by atoms with Gasteiger partial charge < -0.3 is 0 Å².